The van der Waals surface area contributed by atoms with Crippen LogP contribution in [0.1, 0.15) is 42.8 Å². The zero-order valence-corrected chi connectivity index (χ0v) is 20.8. The molecule has 2 N–H and O–H groups in total. The van der Waals surface area contributed by atoms with E-state index in [1.54, 1.807) is 18.2 Å². The Balaban J connectivity index is 1.48. The monoisotopic (exact) mass is 495 g/mol. The summed E-state index contributed by atoms with van der Waals surface area (Å²) in [6, 6.07) is 12.8. The molecule has 0 aliphatic carbocycles. The van der Waals surface area contributed by atoms with E-state index in [4.69, 9.17) is 4.42 Å². The molecule has 1 saturated heterocycles. The third-order valence-corrected chi connectivity index (χ3v) is 8.53. The van der Waals surface area contributed by atoms with Crippen molar-refractivity contribution in [2.24, 2.45) is 0 Å². The molecule has 3 aromatic rings. The van der Waals surface area contributed by atoms with Gasteiger partial charge in [0, 0.05) is 34.8 Å². The minimum atomic E-state index is -3.77. The van der Waals surface area contributed by atoms with Crippen LogP contribution in [0.4, 0.5) is 5.69 Å². The first-order valence-corrected chi connectivity index (χ1v) is 12.9. The van der Waals surface area contributed by atoms with Gasteiger partial charge < -0.3 is 15.1 Å². The molecule has 0 spiro atoms. The van der Waals surface area contributed by atoms with Crippen molar-refractivity contribution in [3.63, 3.8) is 0 Å². The largest absolute Gasteiger partial charge is 0.451 e. The summed E-state index contributed by atoms with van der Waals surface area (Å²) in [6.07, 6.45) is 2.23. The fraction of sp³-hybridized carbons (Fsp3) is 0.308. The van der Waals surface area contributed by atoms with Crippen LogP contribution in [0.5, 0.6) is 0 Å². The molecule has 2 atom stereocenters. The average molecular weight is 496 g/mol. The summed E-state index contributed by atoms with van der Waals surface area (Å²) in [5.74, 6) is -0.446. The first kappa shape index (κ1) is 24.7. The second-order valence-electron chi connectivity index (χ2n) is 8.94. The number of benzene rings is 2. The fourth-order valence-corrected chi connectivity index (χ4v) is 6.67. The quantitative estimate of drug-likeness (QED) is 0.498. The van der Waals surface area contributed by atoms with Crippen molar-refractivity contribution in [3.8, 4) is 0 Å². The fourth-order valence-electron chi connectivity index (χ4n) is 4.82. The minimum Gasteiger partial charge on any atom is -0.451 e. The summed E-state index contributed by atoms with van der Waals surface area (Å²) in [5.41, 5.74) is 1.83. The molecule has 2 unspecified atom stereocenters. The number of carbonyl (C=O) groups excluding carboxylic acids is 2. The van der Waals surface area contributed by atoms with Crippen molar-refractivity contribution in [1.82, 2.24) is 9.62 Å². The second-order valence-corrected chi connectivity index (χ2v) is 10.8. The normalized spacial score (nSPS) is 20.9. The maximum atomic E-state index is 13.4. The molecule has 1 fully saturated rings. The van der Waals surface area contributed by atoms with Crippen molar-refractivity contribution in [3.05, 3.63) is 72.5 Å². The van der Waals surface area contributed by atoms with E-state index in [1.807, 2.05) is 39.0 Å². The Hall–Kier alpha value is -3.43. The highest BCUT2D eigenvalue weighted by Gasteiger charge is 2.39. The van der Waals surface area contributed by atoms with Crippen LogP contribution in [0.3, 0.4) is 0 Å². The van der Waals surface area contributed by atoms with E-state index < -0.39 is 15.9 Å². The minimum absolute atomic E-state index is 0.115. The number of hydrogen-bond acceptors (Lipinski definition) is 5. The zero-order valence-electron chi connectivity index (χ0n) is 19.9. The van der Waals surface area contributed by atoms with Crippen LogP contribution in [-0.2, 0) is 14.8 Å². The molecule has 184 valence electrons. The van der Waals surface area contributed by atoms with Crippen molar-refractivity contribution < 1.29 is 22.4 Å². The van der Waals surface area contributed by atoms with Crippen molar-refractivity contribution in [2.75, 3.05) is 5.32 Å². The molecule has 4 rings (SSSR count). The van der Waals surface area contributed by atoms with Crippen molar-refractivity contribution in [1.29, 1.82) is 0 Å². The lowest BCUT2D eigenvalue weighted by atomic mass is 9.95. The van der Waals surface area contributed by atoms with Gasteiger partial charge in [0.2, 0.25) is 15.9 Å². The van der Waals surface area contributed by atoms with Gasteiger partial charge >= 0.3 is 0 Å². The van der Waals surface area contributed by atoms with Crippen LogP contribution in [-0.4, -0.2) is 42.7 Å². The van der Waals surface area contributed by atoms with Crippen LogP contribution in [0.15, 0.2) is 70.5 Å². The number of fused-ring (bicyclic) bond motifs is 1. The smallest absolute Gasteiger partial charge is 0.291 e. The van der Waals surface area contributed by atoms with Crippen LogP contribution < -0.4 is 10.6 Å². The second kappa shape index (κ2) is 9.67. The van der Waals surface area contributed by atoms with Gasteiger partial charge in [-0.05, 0) is 70.0 Å². The average Bonchev–Trinajstić information content (AvgIpc) is 3.15. The van der Waals surface area contributed by atoms with Gasteiger partial charge in [-0.2, -0.15) is 4.31 Å². The first-order chi connectivity index (χ1) is 16.6. The highest BCUT2D eigenvalue weighted by Crippen LogP contribution is 2.31. The van der Waals surface area contributed by atoms with Gasteiger partial charge in [0.1, 0.15) is 5.58 Å². The van der Waals surface area contributed by atoms with E-state index in [-0.39, 0.29) is 34.7 Å². The van der Waals surface area contributed by atoms with Crippen molar-refractivity contribution in [2.45, 2.75) is 56.6 Å². The maximum Gasteiger partial charge on any atom is 0.291 e. The number of sulfonamides is 1. The molecule has 2 aromatic carbocycles. The third kappa shape index (κ3) is 4.87. The topological polar surface area (TPSA) is 109 Å². The van der Waals surface area contributed by atoms with E-state index in [9.17, 15) is 18.0 Å². The molecule has 8 nitrogen and oxygen atoms in total. The van der Waals surface area contributed by atoms with Gasteiger partial charge in [-0.15, -0.1) is 0 Å². The Morgan fingerprint density at radius 1 is 1.06 bits per heavy atom. The predicted molar refractivity (Wildman–Crippen MR) is 135 cm³/mol. The van der Waals surface area contributed by atoms with E-state index in [1.165, 1.54) is 22.5 Å². The lowest BCUT2D eigenvalue weighted by Crippen LogP contribution is -2.54. The number of amides is 2. The summed E-state index contributed by atoms with van der Waals surface area (Å²) in [7, 11) is -3.77. The van der Waals surface area contributed by atoms with Gasteiger partial charge in [0.15, 0.2) is 5.76 Å². The summed E-state index contributed by atoms with van der Waals surface area (Å²) >= 11 is 0. The standard InChI is InChI=1S/C26H29N3O5S/c1-5-24(30)27-20-14-16(2)29(17(3)15-20)35(32,33)21-12-10-19(11-13-21)28-26(31)25-18(4)22-8-6-7-9-23(22)34-25/h5-13,16-17,20H,1,14-15H2,2-4H3,(H,27,30)(H,28,31). The van der Waals surface area contributed by atoms with E-state index in [0.29, 0.717) is 24.1 Å². The Bertz CT molecular complexity index is 1370. The van der Waals surface area contributed by atoms with E-state index in [0.717, 1.165) is 10.9 Å². The Labute approximate surface area is 205 Å². The molecule has 9 heteroatoms. The number of rotatable bonds is 6. The van der Waals surface area contributed by atoms with Crippen molar-refractivity contribution >= 4 is 38.5 Å². The summed E-state index contributed by atoms with van der Waals surface area (Å²) < 4.78 is 34.0. The molecule has 2 heterocycles. The van der Waals surface area contributed by atoms with Gasteiger partial charge in [-0.1, -0.05) is 24.8 Å². The van der Waals surface area contributed by atoms with Crippen LogP contribution in [0.2, 0.25) is 0 Å². The van der Waals surface area contributed by atoms with Gasteiger partial charge in [-0.25, -0.2) is 8.42 Å². The zero-order chi connectivity index (χ0) is 25.3. The molecule has 1 aliphatic heterocycles. The SMILES string of the molecule is C=CC(=O)NC1CC(C)N(S(=O)(=O)c2ccc(NC(=O)c3oc4ccccc4c3C)cc2)C(C)C1. The van der Waals surface area contributed by atoms with Crippen LogP contribution in [0.25, 0.3) is 11.0 Å². The van der Waals surface area contributed by atoms with Gasteiger partial charge in [-0.3, -0.25) is 9.59 Å². The molecule has 1 aromatic heterocycles. The number of aryl methyl sites for hydroxylation is 1. The third-order valence-electron chi connectivity index (χ3n) is 6.39. The Morgan fingerprint density at radius 2 is 1.69 bits per heavy atom. The Kier molecular flexibility index (Phi) is 6.82. The predicted octanol–water partition coefficient (Wildman–Crippen LogP) is 4.23. The maximum absolute atomic E-state index is 13.4. The first-order valence-electron chi connectivity index (χ1n) is 11.5. The molecular formula is C26H29N3O5S. The van der Waals surface area contributed by atoms with Crippen LogP contribution >= 0.6 is 0 Å². The highest BCUT2D eigenvalue weighted by molar-refractivity contribution is 7.89. The number of anilines is 1. The van der Waals surface area contributed by atoms with E-state index in [2.05, 4.69) is 17.2 Å². The summed E-state index contributed by atoms with van der Waals surface area (Å²) in [4.78, 5) is 24.6. The summed E-state index contributed by atoms with van der Waals surface area (Å²) in [6.45, 7) is 8.96. The lowest BCUT2D eigenvalue weighted by molar-refractivity contribution is -0.117. The molecule has 0 bridgehead atoms. The number of nitrogens with one attached hydrogen (secondary N) is 2. The molecule has 35 heavy (non-hydrogen) atoms. The molecule has 1 aliphatic rings. The highest BCUT2D eigenvalue weighted by atomic mass is 32.2. The number of carbonyl (C=O) groups is 2. The number of furan rings is 1. The molecule has 2 amide bonds. The molecule has 0 radical (unpaired) electrons. The molecular weight excluding hydrogens is 466 g/mol. The van der Waals surface area contributed by atoms with Gasteiger partial charge in [0.05, 0.1) is 4.90 Å². The Morgan fingerprint density at radius 3 is 2.29 bits per heavy atom. The molecule has 0 saturated carbocycles. The van der Waals surface area contributed by atoms with E-state index >= 15 is 0 Å². The number of hydrogen-bond donors (Lipinski definition) is 2. The van der Waals surface area contributed by atoms with Gasteiger partial charge in [0.25, 0.3) is 5.91 Å². The lowest BCUT2D eigenvalue weighted by Gasteiger charge is -2.41. The number of para-hydroxylation sites is 1. The van der Waals surface area contributed by atoms with Crippen LogP contribution in [0, 0.1) is 6.92 Å². The summed E-state index contributed by atoms with van der Waals surface area (Å²) in [5, 5.41) is 6.51. The number of nitrogens with zero attached hydrogens (tertiary/aromatic N) is 1. The number of piperidine rings is 1.